The molecule has 4 fully saturated rings. The highest BCUT2D eigenvalue weighted by Crippen LogP contribution is 2.65. The van der Waals surface area contributed by atoms with E-state index in [-0.39, 0.29) is 29.1 Å². The van der Waals surface area contributed by atoms with Gasteiger partial charge in [-0.05, 0) is 53.4 Å². The van der Waals surface area contributed by atoms with E-state index in [2.05, 4.69) is 29.8 Å². The number of amides is 5. The monoisotopic (exact) mass is 637 g/mol. The van der Waals surface area contributed by atoms with Crippen molar-refractivity contribution in [3.05, 3.63) is 35.9 Å². The van der Waals surface area contributed by atoms with Crippen LogP contribution in [-0.2, 0) is 19.2 Å². The van der Waals surface area contributed by atoms with E-state index >= 15 is 0 Å². The number of nitrogens with one attached hydrogen (secondary N) is 3. The summed E-state index contributed by atoms with van der Waals surface area (Å²) in [6, 6.07) is 5.88. The van der Waals surface area contributed by atoms with Gasteiger partial charge in [-0.1, -0.05) is 97.1 Å². The van der Waals surface area contributed by atoms with Crippen LogP contribution in [0.25, 0.3) is 0 Å². The number of nitrogens with two attached hydrogens (primary N) is 1. The molecule has 3 aliphatic carbocycles. The second kappa shape index (κ2) is 12.6. The van der Waals surface area contributed by atoms with Crippen molar-refractivity contribution in [3.8, 4) is 0 Å². The number of aliphatic hydroxyl groups excluding tert-OH is 1. The molecule has 0 radical (unpaired) electrons. The molecule has 46 heavy (non-hydrogen) atoms. The fourth-order valence-corrected chi connectivity index (χ4v) is 7.97. The lowest BCUT2D eigenvalue weighted by Gasteiger charge is -2.43. The zero-order valence-corrected chi connectivity index (χ0v) is 27.8. The number of fused-ring (bicyclic) bond motifs is 1. The van der Waals surface area contributed by atoms with Crippen LogP contribution in [0.2, 0.25) is 0 Å². The van der Waals surface area contributed by atoms with Crippen molar-refractivity contribution < 1.29 is 29.1 Å². The van der Waals surface area contributed by atoms with Gasteiger partial charge in [0.1, 0.15) is 18.2 Å². The average molecular weight is 638 g/mol. The Morgan fingerprint density at radius 1 is 1.00 bits per heavy atom. The van der Waals surface area contributed by atoms with E-state index < -0.39 is 58.8 Å². The molecule has 5 rings (SSSR count). The number of likely N-dealkylation sites (tertiary alicyclic amines) is 1. The highest BCUT2D eigenvalue weighted by molar-refractivity contribution is 6.37. The van der Waals surface area contributed by atoms with E-state index in [1.54, 1.807) is 4.90 Å². The third-order valence-corrected chi connectivity index (χ3v) is 11.0. The lowest BCUT2D eigenvalue weighted by Crippen LogP contribution is -2.63. The number of ketones is 1. The maximum atomic E-state index is 14.4. The number of nitrogens with zero attached hydrogens (tertiary/aromatic N) is 1. The van der Waals surface area contributed by atoms with Gasteiger partial charge in [-0.3, -0.25) is 19.2 Å². The molecule has 1 aliphatic heterocycles. The SMILES string of the molecule is CC(C)(C)[C@H](NC(=O)NC1(C(O)c2ccccc2)CCCCC1)C(=O)N1C[C@H]2[C@@H]([C@H]1C(=O)NC(CC1CC1)C(=O)C(N)=O)C2(C)C. The number of piperidine rings is 1. The molecule has 1 aromatic carbocycles. The largest absolute Gasteiger partial charge is 0.386 e. The van der Waals surface area contributed by atoms with E-state index in [0.717, 1.165) is 37.7 Å². The topological polar surface area (TPSA) is 171 Å². The molecule has 0 aromatic heterocycles. The van der Waals surface area contributed by atoms with Gasteiger partial charge in [-0.15, -0.1) is 0 Å². The molecule has 0 bridgehead atoms. The first-order valence-corrected chi connectivity index (χ1v) is 16.8. The molecule has 5 amide bonds. The minimum absolute atomic E-state index is 0.0851. The van der Waals surface area contributed by atoms with Crippen molar-refractivity contribution in [3.63, 3.8) is 0 Å². The number of hydrogen-bond acceptors (Lipinski definition) is 6. The summed E-state index contributed by atoms with van der Waals surface area (Å²) in [5.41, 5.74) is 4.25. The third-order valence-electron chi connectivity index (χ3n) is 11.0. The Hall–Kier alpha value is -3.47. The zero-order chi connectivity index (χ0) is 33.6. The molecule has 11 heteroatoms. The number of carbonyl (C=O) groups is 5. The molecule has 11 nitrogen and oxygen atoms in total. The summed E-state index contributed by atoms with van der Waals surface area (Å²) >= 11 is 0. The number of rotatable bonds is 11. The summed E-state index contributed by atoms with van der Waals surface area (Å²) in [6.45, 7) is 10.1. The molecular formula is C35H51N5O6. The molecule has 4 aliphatic rings. The van der Waals surface area contributed by atoms with Crippen LogP contribution in [0.4, 0.5) is 4.79 Å². The lowest BCUT2D eigenvalue weighted by molar-refractivity contribution is -0.145. The van der Waals surface area contributed by atoms with Crippen LogP contribution in [0.3, 0.4) is 0 Å². The number of urea groups is 1. The van der Waals surface area contributed by atoms with Gasteiger partial charge in [-0.2, -0.15) is 0 Å². The van der Waals surface area contributed by atoms with Gasteiger partial charge in [0, 0.05) is 6.54 Å². The number of hydrogen-bond donors (Lipinski definition) is 5. The fraction of sp³-hybridized carbons (Fsp3) is 0.686. The number of Topliss-reactive ketones (excluding diaryl/α,β-unsaturated/α-hetero) is 1. The Morgan fingerprint density at radius 3 is 2.20 bits per heavy atom. The van der Waals surface area contributed by atoms with Crippen LogP contribution >= 0.6 is 0 Å². The number of benzene rings is 1. The minimum atomic E-state index is -1.09. The molecule has 1 heterocycles. The van der Waals surface area contributed by atoms with Crippen LogP contribution in [0.5, 0.6) is 0 Å². The zero-order valence-electron chi connectivity index (χ0n) is 27.8. The maximum Gasteiger partial charge on any atom is 0.315 e. The van der Waals surface area contributed by atoms with Gasteiger partial charge in [0.15, 0.2) is 0 Å². The summed E-state index contributed by atoms with van der Waals surface area (Å²) in [7, 11) is 0. The standard InChI is InChI=1S/C35H51N5O6/c1-33(2,3)27(38-32(46)39-35(16-10-7-11-17-35)28(42)21-12-8-6-9-13-21)31(45)40-19-22-24(34(22,4)5)25(40)30(44)37-23(18-20-14-15-20)26(41)29(36)43/h6,8-9,12-13,20,22-25,27-28,42H,7,10-11,14-19H2,1-5H3,(H2,36,43)(H,37,44)(H2,38,39,46)/t22-,23?,24-,25-,27+,28?/m0/s1. The van der Waals surface area contributed by atoms with Crippen molar-refractivity contribution in [1.82, 2.24) is 20.9 Å². The highest BCUT2D eigenvalue weighted by atomic mass is 16.3. The normalized spacial score (nSPS) is 26.6. The van der Waals surface area contributed by atoms with E-state index in [0.29, 0.717) is 25.8 Å². The van der Waals surface area contributed by atoms with E-state index in [1.165, 1.54) is 0 Å². The fourth-order valence-electron chi connectivity index (χ4n) is 7.97. The molecule has 252 valence electrons. The third kappa shape index (κ3) is 6.80. The smallest absolute Gasteiger partial charge is 0.315 e. The van der Waals surface area contributed by atoms with Crippen LogP contribution in [-0.4, -0.2) is 69.8 Å². The van der Waals surface area contributed by atoms with Crippen molar-refractivity contribution >= 4 is 29.5 Å². The van der Waals surface area contributed by atoms with Gasteiger partial charge in [0.25, 0.3) is 5.91 Å². The first kappa shape index (κ1) is 33.9. The molecule has 2 unspecified atom stereocenters. The number of carbonyl (C=O) groups excluding carboxylic acids is 5. The molecular weight excluding hydrogens is 586 g/mol. The first-order chi connectivity index (χ1) is 21.6. The Kier molecular flexibility index (Phi) is 9.29. The van der Waals surface area contributed by atoms with Crippen molar-refractivity contribution in [2.75, 3.05) is 6.54 Å². The van der Waals surface area contributed by atoms with Crippen molar-refractivity contribution in [2.45, 2.75) is 116 Å². The van der Waals surface area contributed by atoms with Crippen LogP contribution < -0.4 is 21.7 Å². The maximum absolute atomic E-state index is 14.4. The molecule has 0 spiro atoms. The number of aliphatic hydroxyl groups is 1. The summed E-state index contributed by atoms with van der Waals surface area (Å²) in [4.78, 5) is 68.0. The van der Waals surface area contributed by atoms with E-state index in [1.807, 2.05) is 51.1 Å². The number of primary amides is 1. The van der Waals surface area contributed by atoms with E-state index in [9.17, 15) is 29.1 Å². The average Bonchev–Trinajstić information content (AvgIpc) is 3.86. The Balaban J connectivity index is 1.35. The first-order valence-electron chi connectivity index (χ1n) is 16.8. The van der Waals surface area contributed by atoms with Gasteiger partial charge < -0.3 is 31.7 Å². The molecule has 6 atom stereocenters. The molecule has 1 saturated heterocycles. The summed E-state index contributed by atoms with van der Waals surface area (Å²) < 4.78 is 0. The van der Waals surface area contributed by atoms with Gasteiger partial charge in [-0.25, -0.2) is 4.79 Å². The Bertz CT molecular complexity index is 1350. The van der Waals surface area contributed by atoms with Gasteiger partial charge in [0.2, 0.25) is 17.6 Å². The summed E-state index contributed by atoms with van der Waals surface area (Å²) in [5, 5.41) is 20.3. The van der Waals surface area contributed by atoms with E-state index in [4.69, 9.17) is 5.73 Å². The van der Waals surface area contributed by atoms with Crippen molar-refractivity contribution in [2.24, 2.45) is 34.3 Å². The minimum Gasteiger partial charge on any atom is -0.386 e. The second-order valence-corrected chi connectivity index (χ2v) is 15.8. The van der Waals surface area contributed by atoms with Crippen LogP contribution in [0.15, 0.2) is 30.3 Å². The lowest BCUT2D eigenvalue weighted by atomic mass is 9.75. The van der Waals surface area contributed by atoms with Gasteiger partial charge in [0.05, 0.1) is 11.6 Å². The quantitative estimate of drug-likeness (QED) is 0.234. The predicted molar refractivity (Wildman–Crippen MR) is 172 cm³/mol. The Morgan fingerprint density at radius 2 is 1.63 bits per heavy atom. The summed E-state index contributed by atoms with van der Waals surface area (Å²) in [5.74, 6) is -2.57. The predicted octanol–water partition coefficient (Wildman–Crippen LogP) is 2.96. The Labute approximate surface area is 271 Å². The molecule has 6 N–H and O–H groups in total. The van der Waals surface area contributed by atoms with Gasteiger partial charge >= 0.3 is 6.03 Å². The van der Waals surface area contributed by atoms with Crippen molar-refractivity contribution in [1.29, 1.82) is 0 Å². The molecule has 1 aromatic rings. The van der Waals surface area contributed by atoms with Crippen LogP contribution in [0.1, 0.15) is 97.7 Å². The summed E-state index contributed by atoms with van der Waals surface area (Å²) in [6.07, 6.45) is 5.20. The highest BCUT2D eigenvalue weighted by Gasteiger charge is 2.70. The van der Waals surface area contributed by atoms with Crippen LogP contribution in [0, 0.1) is 28.6 Å². The molecule has 3 saturated carbocycles. The second-order valence-electron chi connectivity index (χ2n) is 15.8.